The van der Waals surface area contributed by atoms with Gasteiger partial charge in [-0.1, -0.05) is 72.0 Å². The minimum absolute atomic E-state index is 0.0718. The number of nitrogens with one attached hydrogen (secondary N) is 1. The van der Waals surface area contributed by atoms with Gasteiger partial charge in [0.05, 0.1) is 10.6 Å². The number of aryl methyl sites for hydroxylation is 3. The maximum atomic E-state index is 14.1. The van der Waals surface area contributed by atoms with Crippen LogP contribution < -0.4 is 9.62 Å². The van der Waals surface area contributed by atoms with Crippen molar-refractivity contribution < 1.29 is 18.0 Å². The average molecular weight is 596 g/mol. The SMILES string of the molecule is Cc1ccc(S(=O)(=O)N(CC(=O)N(Cc2cccc(C)c2)C(C)C(=O)NC2CCCC2)c2ccc(Cl)cc2C)cc1. The van der Waals surface area contributed by atoms with Crippen molar-refractivity contribution in [2.45, 2.75) is 76.9 Å². The average Bonchev–Trinajstić information content (AvgIpc) is 3.43. The normalized spacial score (nSPS) is 14.5. The zero-order valence-electron chi connectivity index (χ0n) is 24.1. The lowest BCUT2D eigenvalue weighted by Gasteiger charge is -2.33. The fourth-order valence-corrected chi connectivity index (χ4v) is 6.94. The molecular weight excluding hydrogens is 558 g/mol. The Morgan fingerprint density at radius 2 is 1.63 bits per heavy atom. The molecule has 7 nitrogen and oxygen atoms in total. The minimum Gasteiger partial charge on any atom is -0.352 e. The summed E-state index contributed by atoms with van der Waals surface area (Å²) in [5.74, 6) is -0.723. The van der Waals surface area contributed by atoms with Crippen LogP contribution in [0.1, 0.15) is 54.9 Å². The van der Waals surface area contributed by atoms with Gasteiger partial charge < -0.3 is 10.2 Å². The molecule has 1 aliphatic rings. The van der Waals surface area contributed by atoms with E-state index in [0.29, 0.717) is 16.3 Å². The number of amides is 2. The second-order valence-corrected chi connectivity index (χ2v) is 13.2. The molecule has 41 heavy (non-hydrogen) atoms. The fraction of sp³-hybridized carbons (Fsp3) is 0.375. The Kier molecular flexibility index (Phi) is 9.76. The Balaban J connectivity index is 1.71. The summed E-state index contributed by atoms with van der Waals surface area (Å²) in [4.78, 5) is 29.0. The van der Waals surface area contributed by atoms with Crippen molar-refractivity contribution in [2.75, 3.05) is 10.8 Å². The summed E-state index contributed by atoms with van der Waals surface area (Å²) < 4.78 is 29.2. The van der Waals surface area contributed by atoms with E-state index < -0.39 is 28.5 Å². The van der Waals surface area contributed by atoms with Crippen molar-refractivity contribution in [1.29, 1.82) is 0 Å². The molecule has 0 aromatic heterocycles. The number of hydrogen-bond acceptors (Lipinski definition) is 4. The molecule has 0 radical (unpaired) electrons. The van der Waals surface area contributed by atoms with Gasteiger partial charge in [0.25, 0.3) is 10.0 Å². The van der Waals surface area contributed by atoms with Crippen LogP contribution in [0.15, 0.2) is 71.6 Å². The van der Waals surface area contributed by atoms with Gasteiger partial charge in [-0.3, -0.25) is 13.9 Å². The number of carbonyl (C=O) groups is 2. The van der Waals surface area contributed by atoms with Crippen LogP contribution in [0.5, 0.6) is 0 Å². The molecule has 0 bridgehead atoms. The molecule has 0 heterocycles. The first-order valence-electron chi connectivity index (χ1n) is 14.0. The highest BCUT2D eigenvalue weighted by Crippen LogP contribution is 2.30. The highest BCUT2D eigenvalue weighted by molar-refractivity contribution is 7.92. The number of rotatable bonds is 10. The molecule has 1 fully saturated rings. The van der Waals surface area contributed by atoms with E-state index in [-0.39, 0.29) is 23.4 Å². The molecule has 1 atom stereocenters. The Morgan fingerprint density at radius 1 is 0.951 bits per heavy atom. The van der Waals surface area contributed by atoms with Gasteiger partial charge in [0.1, 0.15) is 12.6 Å². The van der Waals surface area contributed by atoms with Crippen molar-refractivity contribution in [3.8, 4) is 0 Å². The summed E-state index contributed by atoms with van der Waals surface area (Å²) >= 11 is 6.19. The third kappa shape index (κ3) is 7.49. The van der Waals surface area contributed by atoms with Gasteiger partial charge in [0.2, 0.25) is 11.8 Å². The third-order valence-corrected chi connectivity index (χ3v) is 9.63. The molecule has 1 unspecified atom stereocenters. The Labute approximate surface area is 248 Å². The van der Waals surface area contributed by atoms with Crippen LogP contribution in [0.3, 0.4) is 0 Å². The van der Waals surface area contributed by atoms with E-state index >= 15 is 0 Å². The molecule has 1 aliphatic carbocycles. The number of halogens is 1. The molecule has 0 spiro atoms. The van der Waals surface area contributed by atoms with Crippen molar-refractivity contribution in [1.82, 2.24) is 10.2 Å². The molecule has 0 saturated heterocycles. The summed E-state index contributed by atoms with van der Waals surface area (Å²) in [6.07, 6.45) is 3.97. The fourth-order valence-electron chi connectivity index (χ4n) is 5.23. The molecular formula is C32H38ClN3O4S. The quantitative estimate of drug-likeness (QED) is 0.314. The summed E-state index contributed by atoms with van der Waals surface area (Å²) in [6.45, 7) is 6.98. The number of carbonyl (C=O) groups excluding carboxylic acids is 2. The molecule has 2 amide bonds. The molecule has 9 heteroatoms. The maximum absolute atomic E-state index is 14.1. The number of anilines is 1. The highest BCUT2D eigenvalue weighted by atomic mass is 35.5. The second kappa shape index (κ2) is 13.1. The molecule has 4 rings (SSSR count). The van der Waals surface area contributed by atoms with Crippen LogP contribution in [0.4, 0.5) is 5.69 Å². The Morgan fingerprint density at radius 3 is 2.27 bits per heavy atom. The van der Waals surface area contributed by atoms with Gasteiger partial charge in [-0.2, -0.15) is 0 Å². The standard InChI is InChI=1S/C32H38ClN3O4S/c1-22-12-15-29(16-13-22)41(39,40)36(30-17-14-27(33)19-24(30)3)21-31(37)35(20-26-9-7-8-23(2)18-26)25(4)32(38)34-28-10-5-6-11-28/h7-9,12-19,25,28H,5-6,10-11,20-21H2,1-4H3,(H,34,38). The van der Waals surface area contributed by atoms with E-state index in [9.17, 15) is 18.0 Å². The van der Waals surface area contributed by atoms with Gasteiger partial charge in [-0.05, 0) is 82.0 Å². The predicted molar refractivity (Wildman–Crippen MR) is 163 cm³/mol. The van der Waals surface area contributed by atoms with Gasteiger partial charge in [0.15, 0.2) is 0 Å². The van der Waals surface area contributed by atoms with Crippen LogP contribution in [-0.2, 0) is 26.2 Å². The van der Waals surface area contributed by atoms with Gasteiger partial charge >= 0.3 is 0 Å². The zero-order chi connectivity index (χ0) is 29.7. The first-order valence-corrected chi connectivity index (χ1v) is 15.8. The first kappa shape index (κ1) is 30.6. The number of benzene rings is 3. The van der Waals surface area contributed by atoms with Crippen molar-refractivity contribution in [3.05, 3.63) is 94.0 Å². The lowest BCUT2D eigenvalue weighted by molar-refractivity contribution is -0.139. The third-order valence-electron chi connectivity index (χ3n) is 7.62. The van der Waals surface area contributed by atoms with Crippen LogP contribution in [-0.4, -0.2) is 43.8 Å². The van der Waals surface area contributed by atoms with E-state index in [1.54, 1.807) is 44.2 Å². The van der Waals surface area contributed by atoms with E-state index in [4.69, 9.17) is 11.6 Å². The maximum Gasteiger partial charge on any atom is 0.264 e. The van der Waals surface area contributed by atoms with Gasteiger partial charge in [-0.15, -0.1) is 0 Å². The van der Waals surface area contributed by atoms with Crippen LogP contribution in [0, 0.1) is 20.8 Å². The molecule has 1 N–H and O–H groups in total. The van der Waals surface area contributed by atoms with Crippen LogP contribution >= 0.6 is 11.6 Å². The number of nitrogens with zero attached hydrogens (tertiary/aromatic N) is 2. The van der Waals surface area contributed by atoms with Crippen LogP contribution in [0.2, 0.25) is 5.02 Å². The van der Waals surface area contributed by atoms with E-state index in [2.05, 4.69) is 5.32 Å². The van der Waals surface area contributed by atoms with E-state index in [1.807, 2.05) is 38.1 Å². The van der Waals surface area contributed by atoms with E-state index in [0.717, 1.165) is 46.7 Å². The lowest BCUT2D eigenvalue weighted by Crippen LogP contribution is -2.52. The number of sulfonamides is 1. The van der Waals surface area contributed by atoms with Gasteiger partial charge in [-0.25, -0.2) is 8.42 Å². The monoisotopic (exact) mass is 595 g/mol. The predicted octanol–water partition coefficient (Wildman–Crippen LogP) is 5.94. The van der Waals surface area contributed by atoms with Gasteiger partial charge in [0, 0.05) is 17.6 Å². The largest absolute Gasteiger partial charge is 0.352 e. The van der Waals surface area contributed by atoms with E-state index in [1.165, 1.54) is 17.0 Å². The smallest absolute Gasteiger partial charge is 0.264 e. The molecule has 1 saturated carbocycles. The Hall–Kier alpha value is -3.36. The summed E-state index contributed by atoms with van der Waals surface area (Å²) in [5.41, 5.74) is 3.76. The lowest BCUT2D eigenvalue weighted by atomic mass is 10.1. The van der Waals surface area contributed by atoms with Crippen molar-refractivity contribution >= 4 is 39.1 Å². The van der Waals surface area contributed by atoms with Crippen LogP contribution in [0.25, 0.3) is 0 Å². The molecule has 3 aromatic carbocycles. The summed E-state index contributed by atoms with van der Waals surface area (Å²) in [6, 6.07) is 18.4. The molecule has 0 aliphatic heterocycles. The highest BCUT2D eigenvalue weighted by Gasteiger charge is 2.34. The first-order chi connectivity index (χ1) is 19.5. The molecule has 218 valence electrons. The Bertz CT molecular complexity index is 1500. The molecule has 3 aromatic rings. The summed E-state index contributed by atoms with van der Waals surface area (Å²) in [7, 11) is -4.14. The summed E-state index contributed by atoms with van der Waals surface area (Å²) in [5, 5.41) is 3.56. The van der Waals surface area contributed by atoms with Crippen molar-refractivity contribution in [2.24, 2.45) is 0 Å². The second-order valence-electron chi connectivity index (χ2n) is 10.9. The zero-order valence-corrected chi connectivity index (χ0v) is 25.6. The minimum atomic E-state index is -4.14. The van der Waals surface area contributed by atoms with Crippen molar-refractivity contribution in [3.63, 3.8) is 0 Å². The topological polar surface area (TPSA) is 86.8 Å². The number of hydrogen-bond donors (Lipinski definition) is 1.